The minimum absolute atomic E-state index is 0.303. The van der Waals surface area contributed by atoms with Crippen molar-refractivity contribution in [3.05, 3.63) is 28.0 Å². The smallest absolute Gasteiger partial charge is 0.210 e. The first-order valence-electron chi connectivity index (χ1n) is 6.65. The molecular formula is C14H13Cl2N5O. The second kappa shape index (κ2) is 5.62. The van der Waals surface area contributed by atoms with Crippen molar-refractivity contribution in [1.82, 2.24) is 19.9 Å². The molecule has 0 aliphatic rings. The highest BCUT2D eigenvalue weighted by Crippen LogP contribution is 2.32. The van der Waals surface area contributed by atoms with E-state index in [1.807, 2.05) is 6.92 Å². The number of amides is 1. The summed E-state index contributed by atoms with van der Waals surface area (Å²) in [5.74, 6) is 0.938. The number of H-pyrrole nitrogens is 1. The molecule has 0 fully saturated rings. The van der Waals surface area contributed by atoms with Crippen molar-refractivity contribution >= 4 is 57.4 Å². The van der Waals surface area contributed by atoms with Gasteiger partial charge < -0.3 is 15.6 Å². The summed E-state index contributed by atoms with van der Waals surface area (Å²) >= 11 is 12.1. The third kappa shape index (κ3) is 2.44. The van der Waals surface area contributed by atoms with Crippen molar-refractivity contribution in [1.29, 1.82) is 0 Å². The van der Waals surface area contributed by atoms with Gasteiger partial charge in [-0.1, -0.05) is 23.2 Å². The Balaban J connectivity index is 2.21. The molecule has 3 rings (SSSR count). The van der Waals surface area contributed by atoms with Crippen LogP contribution in [0.1, 0.15) is 12.7 Å². The number of carbonyl (C=O) groups is 1. The number of nitrogen functional groups attached to an aromatic ring is 1. The number of pyridine rings is 1. The monoisotopic (exact) mass is 337 g/mol. The fraction of sp³-hybridized carbons (Fsp3) is 0.214. The summed E-state index contributed by atoms with van der Waals surface area (Å²) in [6.45, 7) is 2.86. The number of halogens is 2. The van der Waals surface area contributed by atoms with Gasteiger partial charge in [-0.15, -0.1) is 0 Å². The van der Waals surface area contributed by atoms with E-state index in [1.165, 1.54) is 0 Å². The molecule has 3 aromatic rings. The van der Waals surface area contributed by atoms with Crippen molar-refractivity contribution in [3.63, 3.8) is 0 Å². The normalized spacial score (nSPS) is 11.2. The van der Waals surface area contributed by atoms with Crippen LogP contribution in [-0.2, 0) is 11.3 Å². The Bertz CT molecular complexity index is 877. The van der Waals surface area contributed by atoms with Crippen LogP contribution in [0.25, 0.3) is 21.9 Å². The lowest BCUT2D eigenvalue weighted by Crippen LogP contribution is -2.21. The molecule has 3 N–H and O–H groups in total. The van der Waals surface area contributed by atoms with E-state index in [-0.39, 0.29) is 0 Å². The van der Waals surface area contributed by atoms with E-state index in [0.29, 0.717) is 45.8 Å². The molecule has 0 bridgehead atoms. The summed E-state index contributed by atoms with van der Waals surface area (Å²) < 4.78 is 0. The highest BCUT2D eigenvalue weighted by atomic mass is 35.5. The molecule has 0 atom stereocenters. The molecule has 0 saturated carbocycles. The molecule has 0 radical (unpaired) electrons. The Morgan fingerprint density at radius 3 is 2.73 bits per heavy atom. The average Bonchev–Trinajstić information content (AvgIpc) is 2.92. The van der Waals surface area contributed by atoms with Crippen LogP contribution in [0.5, 0.6) is 0 Å². The molecule has 0 saturated heterocycles. The van der Waals surface area contributed by atoms with Crippen LogP contribution in [0.4, 0.5) is 5.82 Å². The Labute approximate surface area is 136 Å². The fourth-order valence-electron chi connectivity index (χ4n) is 2.31. The zero-order valence-electron chi connectivity index (χ0n) is 11.7. The molecule has 6 nitrogen and oxygen atoms in total. The van der Waals surface area contributed by atoms with E-state index < -0.39 is 0 Å². The Kier molecular flexibility index (Phi) is 3.80. The standard InChI is InChI=1S/C14H13Cl2N5O/c1-2-21(6-22)5-11-19-12-7-3-8(15)9(16)4-10(7)18-14(17)13(12)20-11/h3-4,6H,2,5H2,1H3,(H2,17,18)(H,19,20). The largest absolute Gasteiger partial charge is 0.382 e. The first-order valence-corrected chi connectivity index (χ1v) is 7.41. The van der Waals surface area contributed by atoms with Gasteiger partial charge in [0.05, 0.1) is 27.6 Å². The van der Waals surface area contributed by atoms with E-state index in [0.717, 1.165) is 17.3 Å². The number of nitrogens with one attached hydrogen (secondary N) is 1. The molecule has 1 aromatic carbocycles. The van der Waals surface area contributed by atoms with Crippen molar-refractivity contribution in [3.8, 4) is 0 Å². The van der Waals surface area contributed by atoms with E-state index in [9.17, 15) is 4.79 Å². The van der Waals surface area contributed by atoms with Crippen molar-refractivity contribution in [2.75, 3.05) is 12.3 Å². The number of aromatic nitrogens is 3. The minimum Gasteiger partial charge on any atom is -0.382 e. The lowest BCUT2D eigenvalue weighted by molar-refractivity contribution is -0.118. The molecule has 2 aromatic heterocycles. The SMILES string of the molecule is CCN(C=O)Cc1nc2c(N)nc3cc(Cl)c(Cl)cc3c2[nH]1. The minimum atomic E-state index is 0.303. The summed E-state index contributed by atoms with van der Waals surface area (Å²) in [4.78, 5) is 24.5. The van der Waals surface area contributed by atoms with Gasteiger partial charge in [-0.25, -0.2) is 9.97 Å². The van der Waals surface area contributed by atoms with Crippen LogP contribution in [0.3, 0.4) is 0 Å². The number of hydrogen-bond acceptors (Lipinski definition) is 4. The maximum atomic E-state index is 10.9. The van der Waals surface area contributed by atoms with Crippen LogP contribution in [0.15, 0.2) is 12.1 Å². The average molecular weight is 338 g/mol. The van der Waals surface area contributed by atoms with Gasteiger partial charge in [0.15, 0.2) is 5.82 Å². The van der Waals surface area contributed by atoms with Gasteiger partial charge in [-0.3, -0.25) is 4.79 Å². The number of aromatic amines is 1. The number of anilines is 1. The van der Waals surface area contributed by atoms with Crippen LogP contribution in [0, 0.1) is 0 Å². The molecule has 1 amide bonds. The molecule has 2 heterocycles. The van der Waals surface area contributed by atoms with E-state index in [2.05, 4.69) is 15.0 Å². The molecule has 0 aliphatic carbocycles. The van der Waals surface area contributed by atoms with Gasteiger partial charge >= 0.3 is 0 Å². The molecular weight excluding hydrogens is 325 g/mol. The highest BCUT2D eigenvalue weighted by Gasteiger charge is 2.14. The number of rotatable bonds is 4. The molecule has 8 heteroatoms. The van der Waals surface area contributed by atoms with E-state index >= 15 is 0 Å². The topological polar surface area (TPSA) is 87.9 Å². The zero-order chi connectivity index (χ0) is 15.9. The van der Waals surface area contributed by atoms with E-state index in [4.69, 9.17) is 28.9 Å². The predicted molar refractivity (Wildman–Crippen MR) is 88.0 cm³/mol. The molecule has 0 aliphatic heterocycles. The number of carbonyl (C=O) groups excluding carboxylic acids is 1. The van der Waals surface area contributed by atoms with Gasteiger partial charge in [0, 0.05) is 11.9 Å². The molecule has 114 valence electrons. The lowest BCUT2D eigenvalue weighted by Gasteiger charge is -2.11. The summed E-state index contributed by atoms with van der Waals surface area (Å²) in [5, 5.41) is 1.63. The van der Waals surface area contributed by atoms with Gasteiger partial charge in [-0.2, -0.15) is 0 Å². The first kappa shape index (κ1) is 14.9. The summed E-state index contributed by atoms with van der Waals surface area (Å²) in [6, 6.07) is 3.40. The summed E-state index contributed by atoms with van der Waals surface area (Å²) in [7, 11) is 0. The Hall–Kier alpha value is -2.05. The van der Waals surface area contributed by atoms with Crippen LogP contribution < -0.4 is 5.73 Å². The van der Waals surface area contributed by atoms with Gasteiger partial charge in [0.2, 0.25) is 6.41 Å². The molecule has 0 spiro atoms. The number of nitrogens with two attached hydrogens (primary N) is 1. The van der Waals surface area contributed by atoms with Gasteiger partial charge in [-0.05, 0) is 19.1 Å². The molecule has 22 heavy (non-hydrogen) atoms. The Morgan fingerprint density at radius 1 is 1.32 bits per heavy atom. The number of imidazole rings is 1. The summed E-state index contributed by atoms with van der Waals surface area (Å²) in [6.07, 6.45) is 0.781. The second-order valence-electron chi connectivity index (χ2n) is 4.86. The number of hydrogen-bond donors (Lipinski definition) is 2. The van der Waals surface area contributed by atoms with E-state index in [1.54, 1.807) is 17.0 Å². The van der Waals surface area contributed by atoms with Crippen molar-refractivity contribution < 1.29 is 4.79 Å². The maximum absolute atomic E-state index is 10.9. The quantitative estimate of drug-likeness (QED) is 0.716. The van der Waals surface area contributed by atoms with Crippen molar-refractivity contribution in [2.24, 2.45) is 0 Å². The zero-order valence-corrected chi connectivity index (χ0v) is 13.2. The molecule has 0 unspecified atom stereocenters. The van der Waals surface area contributed by atoms with Gasteiger partial charge in [0.25, 0.3) is 0 Å². The lowest BCUT2D eigenvalue weighted by atomic mass is 10.2. The number of fused-ring (bicyclic) bond motifs is 3. The predicted octanol–water partition coefficient (Wildman–Crippen LogP) is 2.98. The fourth-order valence-corrected chi connectivity index (χ4v) is 2.63. The van der Waals surface area contributed by atoms with Crippen LogP contribution in [0.2, 0.25) is 10.0 Å². The number of benzene rings is 1. The first-order chi connectivity index (χ1) is 10.5. The second-order valence-corrected chi connectivity index (χ2v) is 5.67. The third-order valence-electron chi connectivity index (χ3n) is 3.45. The Morgan fingerprint density at radius 2 is 2.05 bits per heavy atom. The van der Waals surface area contributed by atoms with Crippen molar-refractivity contribution in [2.45, 2.75) is 13.5 Å². The number of nitrogens with zero attached hydrogens (tertiary/aromatic N) is 3. The highest BCUT2D eigenvalue weighted by molar-refractivity contribution is 6.43. The van der Waals surface area contributed by atoms with Gasteiger partial charge in [0.1, 0.15) is 11.3 Å². The van der Waals surface area contributed by atoms with Crippen LogP contribution in [-0.4, -0.2) is 32.8 Å². The summed E-state index contributed by atoms with van der Waals surface area (Å²) in [5.41, 5.74) is 7.90. The maximum Gasteiger partial charge on any atom is 0.210 e. The van der Waals surface area contributed by atoms with Crippen LogP contribution >= 0.6 is 23.2 Å². The third-order valence-corrected chi connectivity index (χ3v) is 4.17.